The smallest absolute Gasteiger partial charge is 0.302 e. The average Bonchev–Trinajstić information content (AvgIpc) is 2.61. The molecule has 1 saturated heterocycles. The number of halogens is 1. The van der Waals surface area contributed by atoms with Crippen molar-refractivity contribution in [3.63, 3.8) is 0 Å². The van der Waals surface area contributed by atoms with Crippen molar-refractivity contribution in [2.45, 2.75) is 20.3 Å². The molecule has 1 aromatic rings. The van der Waals surface area contributed by atoms with Crippen molar-refractivity contribution < 1.29 is 17.1 Å². The van der Waals surface area contributed by atoms with Gasteiger partial charge in [-0.05, 0) is 31.0 Å². The maximum Gasteiger partial charge on any atom is 0.302 e. The van der Waals surface area contributed by atoms with Crippen LogP contribution in [0.15, 0.2) is 18.2 Å². The number of carbonyl (C=O) groups is 1. The zero-order valence-corrected chi connectivity index (χ0v) is 11.7. The summed E-state index contributed by atoms with van der Waals surface area (Å²) in [7, 11) is -4.53. The number of benzene rings is 1. The van der Waals surface area contributed by atoms with Gasteiger partial charge in [-0.25, -0.2) is 0 Å². The molecule has 0 bridgehead atoms. The summed E-state index contributed by atoms with van der Waals surface area (Å²) >= 11 is 0. The van der Waals surface area contributed by atoms with E-state index in [4.69, 9.17) is 0 Å². The molecule has 0 N–H and O–H groups in total. The number of rotatable bonds is 3. The molecule has 1 heterocycles. The highest BCUT2D eigenvalue weighted by atomic mass is 32.3. The van der Waals surface area contributed by atoms with Crippen molar-refractivity contribution in [3.8, 4) is 0 Å². The van der Waals surface area contributed by atoms with Gasteiger partial charge in [-0.3, -0.25) is 4.79 Å². The van der Waals surface area contributed by atoms with Gasteiger partial charge in [-0.15, -0.1) is 3.89 Å². The monoisotopic (exact) mass is 285 g/mol. The van der Waals surface area contributed by atoms with E-state index in [1.54, 1.807) is 4.90 Å². The molecule has 0 saturated carbocycles. The van der Waals surface area contributed by atoms with Crippen LogP contribution in [0.4, 0.5) is 9.57 Å². The Bertz CT molecular complexity index is 612. The van der Waals surface area contributed by atoms with Gasteiger partial charge in [0, 0.05) is 24.6 Å². The summed E-state index contributed by atoms with van der Waals surface area (Å²) in [5.41, 5.74) is 2.83. The van der Waals surface area contributed by atoms with Crippen molar-refractivity contribution in [3.05, 3.63) is 29.3 Å². The SMILES string of the molecule is Cc1cccc(N2CC(CS(=O)(=O)F)CC2=O)c1C. The topological polar surface area (TPSA) is 54.5 Å². The van der Waals surface area contributed by atoms with Gasteiger partial charge in [0.2, 0.25) is 5.91 Å². The molecule has 4 nitrogen and oxygen atoms in total. The fraction of sp³-hybridized carbons (Fsp3) is 0.462. The predicted molar refractivity (Wildman–Crippen MR) is 71.3 cm³/mol. The Morgan fingerprint density at radius 3 is 2.68 bits per heavy atom. The largest absolute Gasteiger partial charge is 0.312 e. The molecular formula is C13H16FNO3S. The third-order valence-electron chi connectivity index (χ3n) is 3.51. The van der Waals surface area contributed by atoms with Crippen molar-refractivity contribution in [2.24, 2.45) is 5.92 Å². The van der Waals surface area contributed by atoms with Gasteiger partial charge >= 0.3 is 10.2 Å². The van der Waals surface area contributed by atoms with Gasteiger partial charge in [0.25, 0.3) is 0 Å². The Labute approximate surface area is 112 Å². The van der Waals surface area contributed by atoms with Gasteiger partial charge in [-0.1, -0.05) is 12.1 Å². The summed E-state index contributed by atoms with van der Waals surface area (Å²) in [6.07, 6.45) is 0.0799. The molecular weight excluding hydrogens is 269 g/mol. The number of hydrogen-bond acceptors (Lipinski definition) is 3. The van der Waals surface area contributed by atoms with Crippen LogP contribution in [-0.2, 0) is 15.0 Å². The summed E-state index contributed by atoms with van der Waals surface area (Å²) in [6.45, 7) is 4.12. The molecule has 1 fully saturated rings. The molecule has 1 atom stereocenters. The Kier molecular flexibility index (Phi) is 3.62. The summed E-state index contributed by atoms with van der Waals surface area (Å²) in [6, 6.07) is 5.62. The minimum atomic E-state index is -4.53. The zero-order valence-electron chi connectivity index (χ0n) is 10.9. The Morgan fingerprint density at radius 1 is 1.37 bits per heavy atom. The number of amides is 1. The second-order valence-corrected chi connectivity index (χ2v) is 6.41. The fourth-order valence-electron chi connectivity index (χ4n) is 2.44. The van der Waals surface area contributed by atoms with Gasteiger partial charge in [-0.2, -0.15) is 8.42 Å². The molecule has 0 spiro atoms. The molecule has 1 aliphatic heterocycles. The molecule has 104 valence electrons. The first-order chi connectivity index (χ1) is 8.78. The maximum atomic E-state index is 12.7. The molecule has 19 heavy (non-hydrogen) atoms. The molecule has 2 rings (SSSR count). The van der Waals surface area contributed by atoms with Crippen LogP contribution in [0, 0.1) is 19.8 Å². The van der Waals surface area contributed by atoms with E-state index in [0.717, 1.165) is 16.8 Å². The molecule has 1 aliphatic rings. The lowest BCUT2D eigenvalue weighted by Gasteiger charge is -2.20. The number of hydrogen-bond donors (Lipinski definition) is 0. The summed E-state index contributed by atoms with van der Waals surface area (Å²) in [5.74, 6) is -1.20. The number of carbonyl (C=O) groups excluding carboxylic acids is 1. The lowest BCUT2D eigenvalue weighted by atomic mass is 10.1. The number of aryl methyl sites for hydroxylation is 1. The lowest BCUT2D eigenvalue weighted by molar-refractivity contribution is -0.117. The molecule has 0 aliphatic carbocycles. The Balaban J connectivity index is 2.23. The molecule has 1 aromatic carbocycles. The maximum absolute atomic E-state index is 12.7. The van der Waals surface area contributed by atoms with Gasteiger partial charge in [0.05, 0.1) is 5.75 Å². The van der Waals surface area contributed by atoms with E-state index in [2.05, 4.69) is 0 Å². The standard InChI is InChI=1S/C13H16FNO3S/c1-9-4-3-5-12(10(9)2)15-7-11(6-13(15)16)8-19(14,17)18/h3-5,11H,6-8H2,1-2H3. The summed E-state index contributed by atoms with van der Waals surface area (Å²) in [5, 5.41) is 0. The highest BCUT2D eigenvalue weighted by Gasteiger charge is 2.34. The average molecular weight is 285 g/mol. The molecule has 1 amide bonds. The van der Waals surface area contributed by atoms with Crippen LogP contribution in [0.2, 0.25) is 0 Å². The first-order valence-corrected chi connectivity index (χ1v) is 7.62. The number of anilines is 1. The Morgan fingerprint density at radius 2 is 2.05 bits per heavy atom. The lowest BCUT2D eigenvalue weighted by Crippen LogP contribution is -2.26. The van der Waals surface area contributed by atoms with Crippen molar-refractivity contribution >= 4 is 21.8 Å². The summed E-state index contributed by atoms with van der Waals surface area (Å²) < 4.78 is 34.0. The van der Waals surface area contributed by atoms with Crippen LogP contribution in [0.25, 0.3) is 0 Å². The summed E-state index contributed by atoms with van der Waals surface area (Å²) in [4.78, 5) is 13.5. The zero-order chi connectivity index (χ0) is 14.2. The molecule has 1 unspecified atom stereocenters. The van der Waals surface area contributed by atoms with E-state index < -0.39 is 21.9 Å². The highest BCUT2D eigenvalue weighted by Crippen LogP contribution is 2.29. The van der Waals surface area contributed by atoms with Crippen molar-refractivity contribution in [1.29, 1.82) is 0 Å². The van der Waals surface area contributed by atoms with E-state index >= 15 is 0 Å². The third-order valence-corrected chi connectivity index (χ3v) is 4.38. The molecule has 6 heteroatoms. The normalized spacial score (nSPS) is 20.1. The van der Waals surface area contributed by atoms with Gasteiger partial charge in [0.1, 0.15) is 0 Å². The first-order valence-electron chi connectivity index (χ1n) is 6.07. The van der Waals surface area contributed by atoms with Gasteiger partial charge in [0.15, 0.2) is 0 Å². The minimum Gasteiger partial charge on any atom is -0.312 e. The molecule has 0 aromatic heterocycles. The van der Waals surface area contributed by atoms with Gasteiger partial charge < -0.3 is 4.90 Å². The Hall–Kier alpha value is -1.43. The van der Waals surface area contributed by atoms with Crippen LogP contribution in [-0.4, -0.2) is 26.6 Å². The van der Waals surface area contributed by atoms with E-state index in [1.165, 1.54) is 0 Å². The van der Waals surface area contributed by atoms with Crippen LogP contribution in [0.3, 0.4) is 0 Å². The predicted octanol–water partition coefficient (Wildman–Crippen LogP) is 1.96. The van der Waals surface area contributed by atoms with Crippen molar-refractivity contribution in [2.75, 3.05) is 17.2 Å². The first kappa shape index (κ1) is 14.0. The number of nitrogens with zero attached hydrogens (tertiary/aromatic N) is 1. The van der Waals surface area contributed by atoms with Crippen LogP contribution in [0.5, 0.6) is 0 Å². The van der Waals surface area contributed by atoms with Crippen molar-refractivity contribution in [1.82, 2.24) is 0 Å². The van der Waals surface area contributed by atoms with E-state index in [0.29, 0.717) is 0 Å². The second-order valence-electron chi connectivity index (χ2n) is 5.00. The van der Waals surface area contributed by atoms with E-state index in [1.807, 2.05) is 32.0 Å². The third kappa shape index (κ3) is 3.12. The van der Waals surface area contributed by atoms with Crippen LogP contribution >= 0.6 is 0 Å². The second kappa shape index (κ2) is 4.92. The van der Waals surface area contributed by atoms with Crippen LogP contribution < -0.4 is 4.90 Å². The van der Waals surface area contributed by atoms with E-state index in [9.17, 15) is 17.1 Å². The highest BCUT2D eigenvalue weighted by molar-refractivity contribution is 7.86. The fourth-order valence-corrected chi connectivity index (χ4v) is 3.22. The van der Waals surface area contributed by atoms with E-state index in [-0.39, 0.29) is 18.9 Å². The molecule has 0 radical (unpaired) electrons. The minimum absolute atomic E-state index is 0.0799. The quantitative estimate of drug-likeness (QED) is 0.798. The van der Waals surface area contributed by atoms with Crippen LogP contribution in [0.1, 0.15) is 17.5 Å².